The van der Waals surface area contributed by atoms with E-state index in [0.29, 0.717) is 6.54 Å². The van der Waals surface area contributed by atoms with Gasteiger partial charge in [0.15, 0.2) is 5.69 Å². The second kappa shape index (κ2) is 6.29. The van der Waals surface area contributed by atoms with Crippen molar-refractivity contribution in [1.82, 2.24) is 9.88 Å². The third kappa shape index (κ3) is 3.41. The van der Waals surface area contributed by atoms with Crippen molar-refractivity contribution < 1.29 is 14.8 Å². The summed E-state index contributed by atoms with van der Waals surface area (Å²) in [6, 6.07) is 2.29. The molecular formula is C12H16N4O4. The van der Waals surface area contributed by atoms with E-state index < -0.39 is 10.9 Å². The zero-order valence-electron chi connectivity index (χ0n) is 10.9. The van der Waals surface area contributed by atoms with Gasteiger partial charge in [0.25, 0.3) is 0 Å². The van der Waals surface area contributed by atoms with Gasteiger partial charge in [-0.2, -0.15) is 0 Å². The SMILES string of the molecule is O=C(O)c1ccc([N+](=O)[O-])c(NCCN2CCCC2)n1. The first-order valence-electron chi connectivity index (χ1n) is 6.43. The molecule has 0 unspecified atom stereocenters. The third-order valence-corrected chi connectivity index (χ3v) is 3.21. The number of carboxylic acid groups (broad SMARTS) is 1. The first kappa shape index (κ1) is 14.2. The van der Waals surface area contributed by atoms with E-state index in [0.717, 1.165) is 31.8 Å². The lowest BCUT2D eigenvalue weighted by atomic mass is 10.3. The zero-order chi connectivity index (χ0) is 14.5. The van der Waals surface area contributed by atoms with Gasteiger partial charge in [0.1, 0.15) is 0 Å². The minimum atomic E-state index is -1.21. The van der Waals surface area contributed by atoms with Gasteiger partial charge in [0.05, 0.1) is 4.92 Å². The molecule has 8 heteroatoms. The quantitative estimate of drug-likeness (QED) is 0.595. The van der Waals surface area contributed by atoms with Crippen LogP contribution >= 0.6 is 0 Å². The van der Waals surface area contributed by atoms with Crippen LogP contribution in [0.2, 0.25) is 0 Å². The Bertz CT molecular complexity index is 514. The number of aromatic nitrogens is 1. The summed E-state index contributed by atoms with van der Waals surface area (Å²) in [6.45, 7) is 3.33. The molecule has 8 nitrogen and oxygen atoms in total. The van der Waals surface area contributed by atoms with E-state index in [4.69, 9.17) is 5.11 Å². The molecule has 2 rings (SSSR count). The topological polar surface area (TPSA) is 109 Å². The van der Waals surface area contributed by atoms with Crippen molar-refractivity contribution in [3.63, 3.8) is 0 Å². The molecule has 1 saturated heterocycles. The fraction of sp³-hybridized carbons (Fsp3) is 0.500. The van der Waals surface area contributed by atoms with Crippen molar-refractivity contribution in [2.75, 3.05) is 31.5 Å². The summed E-state index contributed by atoms with van der Waals surface area (Å²) < 4.78 is 0. The normalized spacial score (nSPS) is 15.2. The van der Waals surface area contributed by atoms with Gasteiger partial charge < -0.3 is 15.3 Å². The van der Waals surface area contributed by atoms with Crippen molar-refractivity contribution in [3.8, 4) is 0 Å². The van der Waals surface area contributed by atoms with Crippen LogP contribution in [0.15, 0.2) is 12.1 Å². The Morgan fingerprint density at radius 3 is 2.75 bits per heavy atom. The number of pyridine rings is 1. The second-order valence-corrected chi connectivity index (χ2v) is 4.60. The van der Waals surface area contributed by atoms with E-state index in [1.807, 2.05) is 0 Å². The average Bonchev–Trinajstić information content (AvgIpc) is 2.91. The van der Waals surface area contributed by atoms with Crippen LogP contribution in [0, 0.1) is 10.1 Å². The molecular weight excluding hydrogens is 264 g/mol. The molecule has 0 aromatic carbocycles. The summed E-state index contributed by atoms with van der Waals surface area (Å²) in [5.41, 5.74) is -0.421. The smallest absolute Gasteiger partial charge is 0.354 e. The summed E-state index contributed by atoms with van der Waals surface area (Å²) in [6.07, 6.45) is 2.35. The monoisotopic (exact) mass is 280 g/mol. The molecule has 1 aromatic heterocycles. The Morgan fingerprint density at radius 2 is 2.15 bits per heavy atom. The van der Waals surface area contributed by atoms with Gasteiger partial charge in [-0.1, -0.05) is 0 Å². The first-order chi connectivity index (χ1) is 9.58. The van der Waals surface area contributed by atoms with E-state index in [-0.39, 0.29) is 17.2 Å². The van der Waals surface area contributed by atoms with Crippen LogP contribution in [0.25, 0.3) is 0 Å². The fourth-order valence-corrected chi connectivity index (χ4v) is 2.19. The molecule has 0 bridgehead atoms. The highest BCUT2D eigenvalue weighted by Gasteiger charge is 2.18. The summed E-state index contributed by atoms with van der Waals surface area (Å²) in [7, 11) is 0. The number of hydrogen-bond donors (Lipinski definition) is 2. The predicted octanol–water partition coefficient (Wildman–Crippen LogP) is 1.20. The van der Waals surface area contributed by atoms with Gasteiger partial charge in [-0.15, -0.1) is 0 Å². The standard InChI is InChI=1S/C12H16N4O4/c17-12(18)9-3-4-10(16(19)20)11(14-9)13-5-8-15-6-1-2-7-15/h3-4H,1-2,5-8H2,(H,13,14)(H,17,18). The number of likely N-dealkylation sites (tertiary alicyclic amines) is 1. The van der Waals surface area contributed by atoms with E-state index in [1.54, 1.807) is 0 Å². The molecule has 0 atom stereocenters. The van der Waals surface area contributed by atoms with E-state index in [1.165, 1.54) is 12.8 Å². The van der Waals surface area contributed by atoms with Crippen molar-refractivity contribution in [2.45, 2.75) is 12.8 Å². The molecule has 0 radical (unpaired) electrons. The lowest BCUT2D eigenvalue weighted by molar-refractivity contribution is -0.384. The second-order valence-electron chi connectivity index (χ2n) is 4.60. The summed E-state index contributed by atoms with van der Waals surface area (Å²) in [5, 5.41) is 22.6. The number of aromatic carboxylic acids is 1. The fourth-order valence-electron chi connectivity index (χ4n) is 2.19. The number of hydrogen-bond acceptors (Lipinski definition) is 6. The highest BCUT2D eigenvalue weighted by molar-refractivity contribution is 5.86. The maximum atomic E-state index is 10.9. The maximum absolute atomic E-state index is 10.9. The van der Waals surface area contributed by atoms with Crippen LogP contribution in [0.1, 0.15) is 23.3 Å². The number of nitrogens with one attached hydrogen (secondary N) is 1. The molecule has 108 valence electrons. The van der Waals surface area contributed by atoms with Crippen molar-refractivity contribution in [3.05, 3.63) is 27.9 Å². The lowest BCUT2D eigenvalue weighted by Gasteiger charge is -2.15. The van der Waals surface area contributed by atoms with Crippen LogP contribution in [0.3, 0.4) is 0 Å². The van der Waals surface area contributed by atoms with Gasteiger partial charge in [-0.25, -0.2) is 9.78 Å². The maximum Gasteiger partial charge on any atom is 0.354 e. The minimum absolute atomic E-state index is 0.00842. The van der Waals surface area contributed by atoms with Crippen LogP contribution < -0.4 is 5.32 Å². The minimum Gasteiger partial charge on any atom is -0.477 e. The number of carboxylic acids is 1. The van der Waals surface area contributed by atoms with Crippen molar-refractivity contribution in [1.29, 1.82) is 0 Å². The molecule has 20 heavy (non-hydrogen) atoms. The molecule has 0 spiro atoms. The van der Waals surface area contributed by atoms with Crippen LogP contribution in [0.5, 0.6) is 0 Å². The number of nitro groups is 1. The van der Waals surface area contributed by atoms with Gasteiger partial charge in [-0.3, -0.25) is 10.1 Å². The highest BCUT2D eigenvalue weighted by Crippen LogP contribution is 2.22. The molecule has 1 aliphatic heterocycles. The van der Waals surface area contributed by atoms with E-state index in [9.17, 15) is 14.9 Å². The molecule has 1 aliphatic rings. The molecule has 1 aromatic rings. The molecule has 0 amide bonds. The number of carbonyl (C=O) groups is 1. The molecule has 2 N–H and O–H groups in total. The number of anilines is 1. The van der Waals surface area contributed by atoms with Crippen LogP contribution in [0.4, 0.5) is 11.5 Å². The van der Waals surface area contributed by atoms with Gasteiger partial charge in [-0.05, 0) is 32.0 Å². The highest BCUT2D eigenvalue weighted by atomic mass is 16.6. The van der Waals surface area contributed by atoms with Crippen molar-refractivity contribution >= 4 is 17.5 Å². The Hall–Kier alpha value is -2.22. The number of nitrogens with zero attached hydrogens (tertiary/aromatic N) is 3. The Kier molecular flexibility index (Phi) is 4.46. The van der Waals surface area contributed by atoms with Gasteiger partial charge in [0.2, 0.25) is 5.82 Å². The predicted molar refractivity (Wildman–Crippen MR) is 72.0 cm³/mol. The first-order valence-corrected chi connectivity index (χ1v) is 6.43. The Morgan fingerprint density at radius 1 is 1.45 bits per heavy atom. The summed E-state index contributed by atoms with van der Waals surface area (Å²) in [5.74, 6) is -1.20. The van der Waals surface area contributed by atoms with Crippen LogP contribution in [-0.2, 0) is 0 Å². The van der Waals surface area contributed by atoms with Gasteiger partial charge in [0, 0.05) is 19.2 Å². The van der Waals surface area contributed by atoms with Gasteiger partial charge >= 0.3 is 11.7 Å². The van der Waals surface area contributed by atoms with E-state index >= 15 is 0 Å². The molecule has 2 heterocycles. The summed E-state index contributed by atoms with van der Waals surface area (Å²) in [4.78, 5) is 27.2. The molecule has 0 aliphatic carbocycles. The molecule has 0 saturated carbocycles. The zero-order valence-corrected chi connectivity index (χ0v) is 10.9. The summed E-state index contributed by atoms with van der Waals surface area (Å²) >= 11 is 0. The Labute approximate surface area is 115 Å². The van der Waals surface area contributed by atoms with Crippen molar-refractivity contribution in [2.24, 2.45) is 0 Å². The van der Waals surface area contributed by atoms with Crippen LogP contribution in [-0.4, -0.2) is 52.1 Å². The average molecular weight is 280 g/mol. The number of rotatable bonds is 6. The molecule has 1 fully saturated rings. The lowest BCUT2D eigenvalue weighted by Crippen LogP contribution is -2.26. The van der Waals surface area contributed by atoms with E-state index in [2.05, 4.69) is 15.2 Å². The third-order valence-electron chi connectivity index (χ3n) is 3.21. The largest absolute Gasteiger partial charge is 0.477 e. The Balaban J connectivity index is 2.04.